The molecule has 0 radical (unpaired) electrons. The summed E-state index contributed by atoms with van der Waals surface area (Å²) < 4.78 is 15.6. The summed E-state index contributed by atoms with van der Waals surface area (Å²) in [5, 5.41) is 15.0. The molecule has 1 fully saturated rings. The molecule has 3 rings (SSSR count). The van der Waals surface area contributed by atoms with Gasteiger partial charge in [-0.2, -0.15) is 0 Å². The topological polar surface area (TPSA) is 88.9 Å². The molecule has 1 heterocycles. The fourth-order valence-corrected chi connectivity index (χ4v) is 4.70. The molecule has 168 valence electrons. The Balaban J connectivity index is 1.49. The molecule has 2 amide bonds. The maximum atomic E-state index is 13.7. The lowest BCUT2D eigenvalue weighted by molar-refractivity contribution is -0.119. The zero-order valence-corrected chi connectivity index (χ0v) is 18.9. The van der Waals surface area contributed by atoms with Crippen LogP contribution in [0.25, 0.3) is 0 Å². The molecule has 9 heteroatoms. The molecule has 2 N–H and O–H groups in total. The molecule has 31 heavy (non-hydrogen) atoms. The van der Waals surface area contributed by atoms with E-state index in [0.29, 0.717) is 36.3 Å². The second-order valence-electron chi connectivity index (χ2n) is 7.85. The van der Waals surface area contributed by atoms with Gasteiger partial charge in [0.05, 0.1) is 11.3 Å². The van der Waals surface area contributed by atoms with Gasteiger partial charge in [-0.25, -0.2) is 4.39 Å². The molecule has 1 aliphatic rings. The van der Waals surface area contributed by atoms with Gasteiger partial charge in [-0.1, -0.05) is 43.7 Å². The minimum absolute atomic E-state index is 0.0214. The van der Waals surface area contributed by atoms with Crippen molar-refractivity contribution in [3.05, 3.63) is 41.5 Å². The van der Waals surface area contributed by atoms with Crippen LogP contribution in [0.4, 0.5) is 4.39 Å². The number of nitrogens with zero attached hydrogens (tertiary/aromatic N) is 3. The second-order valence-corrected chi connectivity index (χ2v) is 8.80. The summed E-state index contributed by atoms with van der Waals surface area (Å²) in [4.78, 5) is 24.5. The molecule has 1 saturated carbocycles. The van der Waals surface area contributed by atoms with Crippen LogP contribution in [0.1, 0.15) is 55.7 Å². The molecule has 1 aromatic heterocycles. The quantitative estimate of drug-likeness (QED) is 0.577. The van der Waals surface area contributed by atoms with Crippen LogP contribution >= 0.6 is 11.8 Å². The first-order chi connectivity index (χ1) is 15.0. The van der Waals surface area contributed by atoms with Gasteiger partial charge in [-0.3, -0.25) is 9.59 Å². The van der Waals surface area contributed by atoms with Crippen molar-refractivity contribution in [2.24, 2.45) is 5.92 Å². The zero-order valence-electron chi connectivity index (χ0n) is 18.1. The lowest BCUT2D eigenvalue weighted by Gasteiger charge is -2.29. The number of thioether (sulfide) groups is 1. The van der Waals surface area contributed by atoms with E-state index >= 15 is 0 Å². The van der Waals surface area contributed by atoms with Crippen molar-refractivity contribution in [2.75, 3.05) is 12.3 Å². The molecule has 2 aromatic rings. The Bertz CT molecular complexity index is 904. The van der Waals surface area contributed by atoms with Crippen LogP contribution in [0.15, 0.2) is 29.4 Å². The molecule has 1 aliphatic carbocycles. The fraction of sp³-hybridized carbons (Fsp3) is 0.545. The van der Waals surface area contributed by atoms with Gasteiger partial charge in [0.25, 0.3) is 5.91 Å². The highest BCUT2D eigenvalue weighted by Gasteiger charge is 2.23. The van der Waals surface area contributed by atoms with E-state index in [-0.39, 0.29) is 17.5 Å². The van der Waals surface area contributed by atoms with Crippen molar-refractivity contribution < 1.29 is 14.0 Å². The van der Waals surface area contributed by atoms with Crippen molar-refractivity contribution in [2.45, 2.75) is 63.7 Å². The number of hydrogen-bond donors (Lipinski definition) is 2. The Morgan fingerprint density at radius 2 is 2.00 bits per heavy atom. The number of amides is 2. The Morgan fingerprint density at radius 1 is 1.23 bits per heavy atom. The Morgan fingerprint density at radius 3 is 2.74 bits per heavy atom. The van der Waals surface area contributed by atoms with Gasteiger partial charge in [0.1, 0.15) is 11.6 Å². The number of hydrogen-bond acceptors (Lipinski definition) is 5. The van der Waals surface area contributed by atoms with Crippen LogP contribution in [0.3, 0.4) is 0 Å². The number of carbonyl (C=O) groups is 2. The third-order valence-electron chi connectivity index (χ3n) is 5.65. The molecular weight excluding hydrogens is 417 g/mol. The molecule has 0 bridgehead atoms. The summed E-state index contributed by atoms with van der Waals surface area (Å²) in [5.74, 6) is 0.562. The normalized spacial score (nSPS) is 18.5. The molecule has 0 aliphatic heterocycles. The highest BCUT2D eigenvalue weighted by Crippen LogP contribution is 2.24. The first kappa shape index (κ1) is 23.2. The molecular formula is C22H30FN5O2S. The van der Waals surface area contributed by atoms with Crippen LogP contribution in [0.5, 0.6) is 0 Å². The summed E-state index contributed by atoms with van der Waals surface area (Å²) in [6.45, 7) is 5.16. The van der Waals surface area contributed by atoms with Gasteiger partial charge in [0.15, 0.2) is 5.16 Å². The maximum Gasteiger partial charge on any atom is 0.254 e. The van der Waals surface area contributed by atoms with Crippen molar-refractivity contribution in [1.82, 2.24) is 25.4 Å². The van der Waals surface area contributed by atoms with Crippen molar-refractivity contribution in [3.8, 4) is 0 Å². The summed E-state index contributed by atoms with van der Waals surface area (Å²) >= 11 is 1.37. The van der Waals surface area contributed by atoms with Crippen LogP contribution < -0.4 is 10.6 Å². The van der Waals surface area contributed by atoms with Gasteiger partial charge < -0.3 is 15.2 Å². The zero-order chi connectivity index (χ0) is 22.2. The second kappa shape index (κ2) is 11.3. The minimum Gasteiger partial charge on any atom is -0.352 e. The molecule has 2 atom stereocenters. The predicted octanol–water partition coefficient (Wildman–Crippen LogP) is 3.20. The molecule has 7 nitrogen and oxygen atoms in total. The monoisotopic (exact) mass is 447 g/mol. The number of aromatic nitrogens is 3. The Kier molecular flexibility index (Phi) is 8.45. The number of nitrogens with one attached hydrogen (secondary N) is 2. The SMILES string of the molecule is CCn1c(CCNC(=O)c2ccccc2F)nnc1SCC(=O)NC1CCCCC1C. The van der Waals surface area contributed by atoms with Crippen molar-refractivity contribution in [3.63, 3.8) is 0 Å². The third kappa shape index (κ3) is 6.29. The molecule has 0 spiro atoms. The van der Waals surface area contributed by atoms with E-state index in [9.17, 15) is 14.0 Å². The Hall–Kier alpha value is -2.42. The molecule has 2 unspecified atom stereocenters. The van der Waals surface area contributed by atoms with E-state index in [2.05, 4.69) is 27.8 Å². The lowest BCUT2D eigenvalue weighted by atomic mass is 9.86. The van der Waals surface area contributed by atoms with Gasteiger partial charge in [0.2, 0.25) is 5.91 Å². The van der Waals surface area contributed by atoms with Crippen LogP contribution in [-0.2, 0) is 17.8 Å². The van der Waals surface area contributed by atoms with E-state index in [1.165, 1.54) is 43.2 Å². The maximum absolute atomic E-state index is 13.7. The smallest absolute Gasteiger partial charge is 0.254 e. The average molecular weight is 448 g/mol. The third-order valence-corrected chi connectivity index (χ3v) is 6.62. The number of carbonyl (C=O) groups excluding carboxylic acids is 2. The summed E-state index contributed by atoms with van der Waals surface area (Å²) in [6.07, 6.45) is 5.09. The first-order valence-corrected chi connectivity index (χ1v) is 11.8. The van der Waals surface area contributed by atoms with E-state index < -0.39 is 11.7 Å². The predicted molar refractivity (Wildman–Crippen MR) is 118 cm³/mol. The summed E-state index contributed by atoms with van der Waals surface area (Å²) in [5.41, 5.74) is 0.0222. The average Bonchev–Trinajstić information content (AvgIpc) is 3.16. The number of rotatable bonds is 9. The summed E-state index contributed by atoms with van der Waals surface area (Å²) in [7, 11) is 0. The summed E-state index contributed by atoms with van der Waals surface area (Å²) in [6, 6.07) is 6.15. The van der Waals surface area contributed by atoms with E-state index in [1.807, 2.05) is 11.5 Å². The standard InChI is InChI=1S/C22H30FN5O2S/c1-3-28-19(12-13-24-21(30)16-9-5-6-10-17(16)23)26-27-22(28)31-14-20(29)25-18-11-7-4-8-15(18)2/h5-6,9-10,15,18H,3-4,7-8,11-14H2,1-2H3,(H,24,30)(H,25,29). The molecule has 0 saturated heterocycles. The Labute approximate surface area is 186 Å². The lowest BCUT2D eigenvalue weighted by Crippen LogP contribution is -2.41. The highest BCUT2D eigenvalue weighted by molar-refractivity contribution is 7.99. The van der Waals surface area contributed by atoms with Crippen LogP contribution in [-0.4, -0.2) is 44.9 Å². The van der Waals surface area contributed by atoms with Gasteiger partial charge in [-0.15, -0.1) is 10.2 Å². The van der Waals surface area contributed by atoms with Crippen molar-refractivity contribution >= 4 is 23.6 Å². The van der Waals surface area contributed by atoms with Crippen LogP contribution in [0.2, 0.25) is 0 Å². The first-order valence-electron chi connectivity index (χ1n) is 10.9. The van der Waals surface area contributed by atoms with E-state index in [1.54, 1.807) is 12.1 Å². The number of halogens is 1. The van der Waals surface area contributed by atoms with Crippen LogP contribution in [0, 0.1) is 11.7 Å². The fourth-order valence-electron chi connectivity index (χ4n) is 3.87. The van der Waals surface area contributed by atoms with Gasteiger partial charge >= 0.3 is 0 Å². The molecule has 1 aromatic carbocycles. The minimum atomic E-state index is -0.545. The van der Waals surface area contributed by atoms with Gasteiger partial charge in [0, 0.05) is 25.6 Å². The van der Waals surface area contributed by atoms with Gasteiger partial charge in [-0.05, 0) is 37.8 Å². The number of benzene rings is 1. The van der Waals surface area contributed by atoms with E-state index in [4.69, 9.17) is 0 Å². The highest BCUT2D eigenvalue weighted by atomic mass is 32.2. The van der Waals surface area contributed by atoms with Crippen molar-refractivity contribution in [1.29, 1.82) is 0 Å². The van der Waals surface area contributed by atoms with E-state index in [0.717, 1.165) is 12.2 Å². The largest absolute Gasteiger partial charge is 0.352 e.